The second kappa shape index (κ2) is 9.05. The lowest BCUT2D eigenvalue weighted by atomic mass is 9.96. The lowest BCUT2D eigenvalue weighted by Gasteiger charge is -2.26. The van der Waals surface area contributed by atoms with Crippen molar-refractivity contribution in [2.24, 2.45) is 0 Å². The van der Waals surface area contributed by atoms with Gasteiger partial charge in [-0.3, -0.25) is 0 Å². The third-order valence-electron chi connectivity index (χ3n) is 5.46. The number of carbonyl (C=O) groups excluding carboxylic acids is 1. The summed E-state index contributed by atoms with van der Waals surface area (Å²) in [6.07, 6.45) is 13.1. The molecule has 0 bridgehead atoms. The Kier molecular flexibility index (Phi) is 6.06. The van der Waals surface area contributed by atoms with Gasteiger partial charge in [0.2, 0.25) is 0 Å². The third-order valence-corrected chi connectivity index (χ3v) is 5.46. The summed E-state index contributed by atoms with van der Waals surface area (Å²) in [5.74, 6) is 0. The number of aromatic nitrogens is 4. The van der Waals surface area contributed by atoms with Crippen LogP contribution in [0.2, 0.25) is 0 Å². The van der Waals surface area contributed by atoms with Crippen molar-refractivity contribution in [2.75, 3.05) is 13.1 Å². The maximum atomic E-state index is 11.6. The van der Waals surface area contributed by atoms with Crippen LogP contribution in [0.5, 0.6) is 0 Å². The van der Waals surface area contributed by atoms with Crippen LogP contribution in [-0.4, -0.2) is 51.3 Å². The summed E-state index contributed by atoms with van der Waals surface area (Å²) < 4.78 is 5.40. The minimum Gasteiger partial charge on any atom is -0.446 e. The molecule has 4 heterocycles. The molecule has 3 aromatic rings. The molecule has 3 aromatic heterocycles. The molecule has 4 N–H and O–H groups in total. The zero-order valence-electron chi connectivity index (χ0n) is 16.0. The predicted molar refractivity (Wildman–Crippen MR) is 108 cm³/mol. The number of H-pyrrole nitrogens is 2. The maximum absolute atomic E-state index is 11.6. The van der Waals surface area contributed by atoms with Crippen molar-refractivity contribution in [1.82, 2.24) is 30.6 Å². The third kappa shape index (κ3) is 4.62. The van der Waals surface area contributed by atoms with Gasteiger partial charge in [-0.25, -0.2) is 14.8 Å². The van der Waals surface area contributed by atoms with Crippen LogP contribution in [0.3, 0.4) is 0 Å². The van der Waals surface area contributed by atoms with Gasteiger partial charge in [0.25, 0.3) is 0 Å². The summed E-state index contributed by atoms with van der Waals surface area (Å²) in [6, 6.07) is 2.33. The van der Waals surface area contributed by atoms with Gasteiger partial charge in [0.1, 0.15) is 17.3 Å². The smallest absolute Gasteiger partial charge is 0.407 e. The average molecular weight is 384 g/mol. The topological polar surface area (TPSA) is 108 Å². The fraction of sp³-hybridized carbons (Fsp3) is 0.550. The highest BCUT2D eigenvalue weighted by atomic mass is 16.6. The van der Waals surface area contributed by atoms with E-state index in [0.29, 0.717) is 6.04 Å². The van der Waals surface area contributed by atoms with Crippen LogP contribution in [0.15, 0.2) is 24.8 Å². The summed E-state index contributed by atoms with van der Waals surface area (Å²) in [7, 11) is 0. The number of piperidine rings is 1. The van der Waals surface area contributed by atoms with Gasteiger partial charge in [0.15, 0.2) is 0 Å². The van der Waals surface area contributed by atoms with Crippen LogP contribution in [-0.2, 0) is 4.74 Å². The molecule has 1 saturated heterocycles. The Morgan fingerprint density at radius 2 is 1.89 bits per heavy atom. The Labute approximate surface area is 163 Å². The molecule has 8 nitrogen and oxygen atoms in total. The molecule has 0 aromatic carbocycles. The van der Waals surface area contributed by atoms with Gasteiger partial charge in [0.05, 0.1) is 18.0 Å². The van der Waals surface area contributed by atoms with Crippen molar-refractivity contribution in [2.45, 2.75) is 57.1 Å². The van der Waals surface area contributed by atoms with E-state index in [9.17, 15) is 4.79 Å². The van der Waals surface area contributed by atoms with Crippen molar-refractivity contribution in [3.63, 3.8) is 0 Å². The van der Waals surface area contributed by atoms with E-state index in [4.69, 9.17) is 4.74 Å². The molecule has 1 aliphatic carbocycles. The van der Waals surface area contributed by atoms with E-state index in [1.807, 2.05) is 12.3 Å². The number of carbonyl (C=O) groups is 1. The number of amides is 1. The number of nitrogens with one attached hydrogen (secondary N) is 4. The molecule has 2 fully saturated rings. The van der Waals surface area contributed by atoms with Crippen molar-refractivity contribution in [1.29, 1.82) is 0 Å². The number of aromatic amines is 2. The number of fused-ring (bicyclic) bond motifs is 3. The summed E-state index contributed by atoms with van der Waals surface area (Å²) in [6.45, 7) is 1.92. The lowest BCUT2D eigenvalue weighted by molar-refractivity contribution is 0.0755. The second-order valence-electron chi connectivity index (χ2n) is 7.50. The molecule has 0 atom stereocenters. The highest BCUT2D eigenvalue weighted by Crippen LogP contribution is 2.19. The summed E-state index contributed by atoms with van der Waals surface area (Å²) in [5, 5.41) is 7.31. The highest BCUT2D eigenvalue weighted by molar-refractivity contribution is 6.00. The molecule has 1 amide bonds. The van der Waals surface area contributed by atoms with Gasteiger partial charge in [-0.1, -0.05) is 19.3 Å². The van der Waals surface area contributed by atoms with Crippen molar-refractivity contribution < 1.29 is 9.53 Å². The second-order valence-corrected chi connectivity index (χ2v) is 7.50. The van der Waals surface area contributed by atoms with Crippen molar-refractivity contribution in [3.05, 3.63) is 24.8 Å². The van der Waals surface area contributed by atoms with Crippen LogP contribution >= 0.6 is 0 Å². The van der Waals surface area contributed by atoms with Crippen LogP contribution in [0, 0.1) is 0 Å². The zero-order chi connectivity index (χ0) is 19.2. The van der Waals surface area contributed by atoms with E-state index in [-0.39, 0.29) is 12.2 Å². The molecule has 8 heteroatoms. The van der Waals surface area contributed by atoms with E-state index in [2.05, 4.69) is 30.6 Å². The van der Waals surface area contributed by atoms with Crippen LogP contribution in [0.25, 0.3) is 22.1 Å². The molecule has 1 aliphatic heterocycles. The van der Waals surface area contributed by atoms with E-state index in [1.54, 1.807) is 12.5 Å². The largest absolute Gasteiger partial charge is 0.446 e. The summed E-state index contributed by atoms with van der Waals surface area (Å²) >= 11 is 0. The van der Waals surface area contributed by atoms with E-state index in [0.717, 1.165) is 60.8 Å². The predicted octanol–water partition coefficient (Wildman–Crippen LogP) is 3.24. The average Bonchev–Trinajstić information content (AvgIpc) is 3.38. The molecular formula is C20H28N6O2. The first-order valence-corrected chi connectivity index (χ1v) is 10.2. The monoisotopic (exact) mass is 384 g/mol. The quantitative estimate of drug-likeness (QED) is 0.542. The molecule has 5 rings (SSSR count). The van der Waals surface area contributed by atoms with Crippen LogP contribution in [0.4, 0.5) is 4.79 Å². The highest BCUT2D eigenvalue weighted by Gasteiger charge is 2.20. The first-order valence-electron chi connectivity index (χ1n) is 10.2. The van der Waals surface area contributed by atoms with Gasteiger partial charge in [0, 0.05) is 17.6 Å². The number of pyridine rings is 1. The van der Waals surface area contributed by atoms with Crippen LogP contribution in [0.1, 0.15) is 44.9 Å². The standard InChI is InChI=1S/C12H22N2O2.C8H6N4/c15-12(14-10-4-2-1-3-5-10)16-11-6-8-13-9-7-11;1-2-9-8-5(1)7-6(3-10-8)11-4-12-7/h10-11,13H,1-9H2,(H,14,15);1-4H,(H,9,10)(H,11,12). The van der Waals surface area contributed by atoms with Crippen molar-refractivity contribution in [3.8, 4) is 0 Å². The van der Waals surface area contributed by atoms with E-state index in [1.165, 1.54) is 19.3 Å². The molecule has 0 spiro atoms. The fourth-order valence-corrected chi connectivity index (χ4v) is 3.92. The first-order chi connectivity index (χ1) is 13.8. The normalized spacial score (nSPS) is 18.6. The molecule has 28 heavy (non-hydrogen) atoms. The van der Waals surface area contributed by atoms with Crippen molar-refractivity contribution >= 4 is 28.2 Å². The minimum atomic E-state index is -0.209. The number of hydrogen-bond acceptors (Lipinski definition) is 5. The number of alkyl carbamates (subject to hydrolysis) is 1. The molecular weight excluding hydrogens is 356 g/mol. The van der Waals surface area contributed by atoms with Gasteiger partial charge in [-0.2, -0.15) is 0 Å². The molecule has 150 valence electrons. The minimum absolute atomic E-state index is 0.116. The number of hydrogen-bond donors (Lipinski definition) is 4. The molecule has 0 radical (unpaired) electrons. The Morgan fingerprint density at radius 3 is 2.71 bits per heavy atom. The van der Waals surface area contributed by atoms with Gasteiger partial charge >= 0.3 is 6.09 Å². The Hall–Kier alpha value is -2.61. The SMILES string of the molecule is O=C(NC1CCCCC1)OC1CCNCC1.c1nc2c(cnc3[nH]ccc32)[nH]1. The number of imidazole rings is 1. The molecule has 0 unspecified atom stereocenters. The van der Waals surface area contributed by atoms with Crippen LogP contribution < -0.4 is 10.6 Å². The Balaban J connectivity index is 0.000000142. The van der Waals surface area contributed by atoms with E-state index >= 15 is 0 Å². The van der Waals surface area contributed by atoms with Gasteiger partial charge in [-0.05, 0) is 44.8 Å². The Bertz CT molecular complexity index is 821. The summed E-state index contributed by atoms with van der Waals surface area (Å²) in [4.78, 5) is 26.1. The fourth-order valence-electron chi connectivity index (χ4n) is 3.92. The number of nitrogens with zero attached hydrogens (tertiary/aromatic N) is 2. The molecule has 1 saturated carbocycles. The van der Waals surface area contributed by atoms with Gasteiger partial charge < -0.3 is 25.3 Å². The van der Waals surface area contributed by atoms with E-state index < -0.39 is 0 Å². The number of ether oxygens (including phenoxy) is 1. The first kappa shape index (κ1) is 18.7. The van der Waals surface area contributed by atoms with Gasteiger partial charge in [-0.15, -0.1) is 0 Å². The number of rotatable bonds is 2. The zero-order valence-corrected chi connectivity index (χ0v) is 16.0. The summed E-state index contributed by atoms with van der Waals surface area (Å²) in [5.41, 5.74) is 2.83. The lowest BCUT2D eigenvalue weighted by Crippen LogP contribution is -2.41. The maximum Gasteiger partial charge on any atom is 0.407 e. The molecule has 2 aliphatic rings. The Morgan fingerprint density at radius 1 is 1.07 bits per heavy atom.